The van der Waals surface area contributed by atoms with E-state index in [0.717, 1.165) is 4.90 Å². The third-order valence-corrected chi connectivity index (χ3v) is 10.1. The summed E-state index contributed by atoms with van der Waals surface area (Å²) >= 11 is 0. The zero-order valence-electron chi connectivity index (χ0n) is 33.9. The number of nitrogens with zero attached hydrogens (tertiary/aromatic N) is 9. The minimum atomic E-state index is -1.24. The standard InChI is InChI=1S/C35H63N9O16/c45-27(17-36-1-4-38(21-29(47)48)7-9-41(24-32(53)54)10-8-39(5-2-36)22-30(49)50)19-43(26-34(57)58)20-28(46)18-37-3-6-40(23-31(51)52)11-12-42(25-33(55)56)14-16-44(15-13-37)35(59)60/h27-28,45-46H,1-26H2,(H,47,48)(H,49,50)(H,51,52)(H,53,54)(H,55,56)(H,57,58)(H,59,60). The van der Waals surface area contributed by atoms with Gasteiger partial charge in [0.15, 0.2) is 0 Å². The zero-order valence-corrected chi connectivity index (χ0v) is 33.9. The minimum Gasteiger partial charge on any atom is -0.480 e. The molecule has 2 rings (SSSR count). The molecule has 0 aromatic heterocycles. The van der Waals surface area contributed by atoms with Crippen molar-refractivity contribution in [3.63, 3.8) is 0 Å². The largest absolute Gasteiger partial charge is 0.480 e. The third kappa shape index (κ3) is 23.5. The molecular formula is C35H63N9O16. The molecule has 0 spiro atoms. The maximum absolute atomic E-state index is 12.0. The molecule has 2 saturated heterocycles. The molecule has 25 nitrogen and oxygen atoms in total. The number of β-amino-alcohol motifs (C(OH)–C–C–N with tert-alkyl or cyclic N) is 2. The average molecular weight is 866 g/mol. The molecule has 0 aromatic carbocycles. The van der Waals surface area contributed by atoms with Gasteiger partial charge in [0.25, 0.3) is 0 Å². The Hall–Kier alpha value is -4.31. The summed E-state index contributed by atoms with van der Waals surface area (Å²) in [5.74, 6) is -6.73. The summed E-state index contributed by atoms with van der Waals surface area (Å²) in [5, 5.41) is 89.3. The number of carboxylic acid groups (broad SMARTS) is 7. The van der Waals surface area contributed by atoms with Crippen LogP contribution in [0.4, 0.5) is 4.79 Å². The molecule has 25 heteroatoms. The lowest BCUT2D eigenvalue weighted by Crippen LogP contribution is -2.51. The monoisotopic (exact) mass is 865 g/mol. The van der Waals surface area contributed by atoms with Crippen LogP contribution < -0.4 is 0 Å². The molecule has 344 valence electrons. The van der Waals surface area contributed by atoms with E-state index in [9.17, 15) is 79.5 Å². The van der Waals surface area contributed by atoms with E-state index in [4.69, 9.17) is 0 Å². The van der Waals surface area contributed by atoms with E-state index in [0.29, 0.717) is 0 Å². The number of aliphatic carboxylic acids is 6. The lowest BCUT2D eigenvalue weighted by atomic mass is 10.2. The molecule has 2 fully saturated rings. The van der Waals surface area contributed by atoms with Crippen LogP contribution in [0.1, 0.15) is 0 Å². The molecule has 0 bridgehead atoms. The van der Waals surface area contributed by atoms with Gasteiger partial charge in [0.1, 0.15) is 0 Å². The van der Waals surface area contributed by atoms with Crippen LogP contribution in [-0.2, 0) is 28.8 Å². The fraction of sp³-hybridized carbons (Fsp3) is 0.800. The number of hydrogen-bond donors (Lipinski definition) is 9. The molecule has 2 heterocycles. The average Bonchev–Trinajstić information content (AvgIpc) is 3.11. The van der Waals surface area contributed by atoms with Crippen molar-refractivity contribution < 1.29 is 79.5 Å². The Morgan fingerprint density at radius 3 is 0.833 bits per heavy atom. The fourth-order valence-corrected chi connectivity index (χ4v) is 7.12. The first-order valence-electron chi connectivity index (χ1n) is 19.7. The van der Waals surface area contributed by atoms with Crippen LogP contribution in [0.25, 0.3) is 0 Å². The SMILES string of the molecule is O=C(O)CN1CCN(CC(=O)O)CCN(CC(O)CN(CC(=O)O)CC(O)CN2CCN(CC(=O)O)CCN(CC(=O)O)CCN(C(=O)O)CC2)CCN(CC(=O)O)CC1. The molecule has 0 aliphatic carbocycles. The molecule has 2 atom stereocenters. The smallest absolute Gasteiger partial charge is 0.407 e. The quantitative estimate of drug-likeness (QED) is 0.0552. The minimum absolute atomic E-state index is 0.0241. The van der Waals surface area contributed by atoms with Crippen LogP contribution in [0.2, 0.25) is 0 Å². The predicted octanol–water partition coefficient (Wildman–Crippen LogP) is -5.36. The summed E-state index contributed by atoms with van der Waals surface area (Å²) in [6.45, 7) is -0.279. The van der Waals surface area contributed by atoms with Crippen molar-refractivity contribution in [2.24, 2.45) is 0 Å². The highest BCUT2D eigenvalue weighted by Gasteiger charge is 2.26. The summed E-state index contributed by atoms with van der Waals surface area (Å²) in [6.07, 6.45) is -3.63. The fourth-order valence-electron chi connectivity index (χ4n) is 7.12. The number of carboxylic acids is 6. The summed E-state index contributed by atoms with van der Waals surface area (Å²) < 4.78 is 0. The van der Waals surface area contributed by atoms with Gasteiger partial charge in [0.2, 0.25) is 0 Å². The van der Waals surface area contributed by atoms with E-state index in [1.54, 1.807) is 29.4 Å². The van der Waals surface area contributed by atoms with Crippen LogP contribution >= 0.6 is 0 Å². The van der Waals surface area contributed by atoms with Gasteiger partial charge in [-0.05, 0) is 0 Å². The second-order valence-corrected chi connectivity index (χ2v) is 15.1. The maximum Gasteiger partial charge on any atom is 0.407 e. The first-order valence-corrected chi connectivity index (χ1v) is 19.7. The van der Waals surface area contributed by atoms with E-state index < -0.39 is 60.7 Å². The second-order valence-electron chi connectivity index (χ2n) is 15.1. The van der Waals surface area contributed by atoms with Crippen molar-refractivity contribution in [1.82, 2.24) is 44.1 Å². The maximum atomic E-state index is 12.0. The normalized spacial score (nSPS) is 20.2. The Balaban J connectivity index is 2.19. The van der Waals surface area contributed by atoms with E-state index in [-0.39, 0.29) is 164 Å². The van der Waals surface area contributed by atoms with Gasteiger partial charge in [0, 0.05) is 131 Å². The van der Waals surface area contributed by atoms with Gasteiger partial charge in [-0.25, -0.2) is 4.79 Å². The first kappa shape index (κ1) is 51.8. The molecule has 60 heavy (non-hydrogen) atoms. The number of aliphatic hydroxyl groups excluding tert-OH is 2. The predicted molar refractivity (Wildman–Crippen MR) is 209 cm³/mol. The van der Waals surface area contributed by atoms with Crippen molar-refractivity contribution in [1.29, 1.82) is 0 Å². The second kappa shape index (κ2) is 27.5. The topological polar surface area (TPSA) is 331 Å². The highest BCUT2D eigenvalue weighted by atomic mass is 16.4. The van der Waals surface area contributed by atoms with Crippen LogP contribution in [0, 0.1) is 0 Å². The molecular weight excluding hydrogens is 802 g/mol. The van der Waals surface area contributed by atoms with Gasteiger partial charge in [-0.3, -0.25) is 68.0 Å². The number of rotatable bonds is 20. The van der Waals surface area contributed by atoms with E-state index in [1.807, 2.05) is 0 Å². The van der Waals surface area contributed by atoms with Gasteiger partial charge >= 0.3 is 41.9 Å². The van der Waals surface area contributed by atoms with E-state index in [2.05, 4.69) is 0 Å². The highest BCUT2D eigenvalue weighted by molar-refractivity contribution is 5.71. The lowest BCUT2D eigenvalue weighted by molar-refractivity contribution is -0.140. The Morgan fingerprint density at radius 2 is 0.600 bits per heavy atom. The molecule has 2 aliphatic rings. The molecule has 0 saturated carbocycles. The van der Waals surface area contributed by atoms with Crippen LogP contribution in [0.3, 0.4) is 0 Å². The highest BCUT2D eigenvalue weighted by Crippen LogP contribution is 2.07. The zero-order chi connectivity index (χ0) is 44.8. The number of carbonyl (C=O) groups is 7. The van der Waals surface area contributed by atoms with Gasteiger partial charge in [0.05, 0.1) is 51.5 Å². The molecule has 0 radical (unpaired) electrons. The summed E-state index contributed by atoms with van der Waals surface area (Å²) in [7, 11) is 0. The molecule has 9 N–H and O–H groups in total. The first-order chi connectivity index (χ1) is 28.3. The van der Waals surface area contributed by atoms with Crippen molar-refractivity contribution in [3.05, 3.63) is 0 Å². The van der Waals surface area contributed by atoms with Gasteiger partial charge < -0.3 is 50.9 Å². The van der Waals surface area contributed by atoms with Crippen molar-refractivity contribution >= 4 is 41.9 Å². The summed E-state index contributed by atoms with van der Waals surface area (Å²) in [6, 6.07) is 0. The van der Waals surface area contributed by atoms with E-state index >= 15 is 0 Å². The number of aliphatic hydroxyl groups is 2. The van der Waals surface area contributed by atoms with E-state index in [1.165, 1.54) is 9.80 Å². The third-order valence-electron chi connectivity index (χ3n) is 10.1. The van der Waals surface area contributed by atoms with Crippen LogP contribution in [-0.4, -0.2) is 314 Å². The van der Waals surface area contributed by atoms with Crippen molar-refractivity contribution in [2.45, 2.75) is 12.2 Å². The van der Waals surface area contributed by atoms with Crippen LogP contribution in [0.5, 0.6) is 0 Å². The Labute approximate surface area is 347 Å². The Kier molecular flexibility index (Phi) is 23.8. The van der Waals surface area contributed by atoms with Crippen LogP contribution in [0.15, 0.2) is 0 Å². The summed E-state index contributed by atoms with van der Waals surface area (Å²) in [4.78, 5) is 95.7. The number of hydrogen-bond acceptors (Lipinski definition) is 17. The summed E-state index contributed by atoms with van der Waals surface area (Å²) in [5.41, 5.74) is 0. The molecule has 2 unspecified atom stereocenters. The van der Waals surface area contributed by atoms with Gasteiger partial charge in [-0.2, -0.15) is 0 Å². The van der Waals surface area contributed by atoms with Crippen molar-refractivity contribution in [2.75, 3.05) is 170 Å². The molecule has 1 amide bonds. The number of amides is 1. The Morgan fingerprint density at radius 1 is 0.367 bits per heavy atom. The Bertz CT molecular complexity index is 1370. The van der Waals surface area contributed by atoms with Gasteiger partial charge in [-0.15, -0.1) is 0 Å². The van der Waals surface area contributed by atoms with Crippen molar-refractivity contribution in [3.8, 4) is 0 Å². The molecule has 0 aromatic rings. The van der Waals surface area contributed by atoms with Gasteiger partial charge in [-0.1, -0.05) is 0 Å². The molecule has 2 aliphatic heterocycles. The lowest BCUT2D eigenvalue weighted by Gasteiger charge is -2.35.